The van der Waals surface area contributed by atoms with E-state index in [2.05, 4.69) is 32.7 Å². The van der Waals surface area contributed by atoms with E-state index < -0.39 is 14.6 Å². The van der Waals surface area contributed by atoms with Crippen LogP contribution in [-0.4, -0.2) is 65.7 Å². The molecule has 1 aliphatic heterocycles. The van der Waals surface area contributed by atoms with Crippen molar-refractivity contribution in [2.24, 2.45) is 0 Å². The summed E-state index contributed by atoms with van der Waals surface area (Å²) in [5.74, 6) is 1.19. The fourth-order valence-corrected chi connectivity index (χ4v) is 7.43. The minimum absolute atomic E-state index is 0.110. The number of carbonyl (C=O) groups excluding carboxylic acids is 1. The summed E-state index contributed by atoms with van der Waals surface area (Å²) in [6, 6.07) is 8.81. The van der Waals surface area contributed by atoms with Crippen LogP contribution >= 0.6 is 0 Å². The zero-order valence-electron chi connectivity index (χ0n) is 21.4. The highest BCUT2D eigenvalue weighted by Crippen LogP contribution is 2.57. The largest absolute Gasteiger partial charge is 0.377 e. The lowest BCUT2D eigenvalue weighted by Crippen LogP contribution is -2.44. The van der Waals surface area contributed by atoms with E-state index in [1.165, 1.54) is 0 Å². The van der Waals surface area contributed by atoms with Crippen molar-refractivity contribution < 1.29 is 17.9 Å². The molecule has 1 saturated heterocycles. The number of amides is 2. The molecule has 2 saturated carbocycles. The number of ether oxygens (including phenoxy) is 1. The molecule has 2 amide bonds. The standard InChI is InChI=1S/C26H31N7O4S/c1-16-15-37-12-11-33(16)23-13-22(26(9-10-26)38(35,36)20-7-8-20)30-24(31-23)18-3-5-19(6-4-18)28-25(34)29-21-14-27-32-17(21)2/h3-6,13-14,16,20H,7-12,15H2,1-2H3,(H,27,32)(H2,28,29,34)/t16-/m0/s1. The van der Waals surface area contributed by atoms with Crippen molar-refractivity contribution in [3.63, 3.8) is 0 Å². The minimum atomic E-state index is -3.31. The number of nitrogens with one attached hydrogen (secondary N) is 3. The Morgan fingerprint density at radius 1 is 1.16 bits per heavy atom. The van der Waals surface area contributed by atoms with Crippen molar-refractivity contribution in [1.29, 1.82) is 0 Å². The number of carbonyl (C=O) groups is 1. The van der Waals surface area contributed by atoms with Crippen LogP contribution in [-0.2, 0) is 19.3 Å². The number of aromatic amines is 1. The number of nitrogens with zero attached hydrogens (tertiary/aromatic N) is 4. The Bertz CT molecular complexity index is 1460. The summed E-state index contributed by atoms with van der Waals surface area (Å²) >= 11 is 0. The molecule has 3 aliphatic rings. The predicted molar refractivity (Wildman–Crippen MR) is 144 cm³/mol. The van der Waals surface area contributed by atoms with Crippen molar-refractivity contribution >= 4 is 33.1 Å². The maximum absolute atomic E-state index is 13.4. The number of sulfone groups is 1. The smallest absolute Gasteiger partial charge is 0.323 e. The van der Waals surface area contributed by atoms with Crippen LogP contribution in [0.25, 0.3) is 11.4 Å². The Hall–Kier alpha value is -3.51. The first kappa shape index (κ1) is 24.8. The molecule has 3 heterocycles. The molecular formula is C26H31N7O4S. The highest BCUT2D eigenvalue weighted by molar-refractivity contribution is 7.93. The van der Waals surface area contributed by atoms with Gasteiger partial charge in [0.2, 0.25) is 0 Å². The number of rotatable bonds is 7. The van der Waals surface area contributed by atoms with Gasteiger partial charge in [0.15, 0.2) is 15.7 Å². The Balaban J connectivity index is 1.30. The number of H-pyrrole nitrogens is 1. The molecule has 11 nitrogen and oxygen atoms in total. The van der Waals surface area contributed by atoms with Crippen LogP contribution < -0.4 is 15.5 Å². The van der Waals surface area contributed by atoms with Crippen molar-refractivity contribution in [2.75, 3.05) is 35.3 Å². The molecule has 0 bridgehead atoms. The molecular weight excluding hydrogens is 506 g/mol. The average Bonchev–Trinajstić information content (AvgIpc) is 3.83. The summed E-state index contributed by atoms with van der Waals surface area (Å²) in [4.78, 5) is 24.2. The van der Waals surface area contributed by atoms with Crippen LogP contribution in [0.2, 0.25) is 0 Å². The molecule has 0 radical (unpaired) electrons. The van der Waals surface area contributed by atoms with Crippen molar-refractivity contribution in [3.05, 3.63) is 47.9 Å². The number of morpholine rings is 1. The number of benzene rings is 1. The second-order valence-electron chi connectivity index (χ2n) is 10.4. The van der Waals surface area contributed by atoms with Crippen LogP contribution in [0.4, 0.5) is 22.0 Å². The first-order valence-electron chi connectivity index (χ1n) is 12.9. The minimum Gasteiger partial charge on any atom is -0.377 e. The lowest BCUT2D eigenvalue weighted by Gasteiger charge is -2.34. The Morgan fingerprint density at radius 3 is 2.55 bits per heavy atom. The van der Waals surface area contributed by atoms with E-state index in [1.807, 2.05) is 25.1 Å². The van der Waals surface area contributed by atoms with E-state index in [0.29, 0.717) is 55.5 Å². The summed E-state index contributed by atoms with van der Waals surface area (Å²) < 4.78 is 31.5. The topological polar surface area (TPSA) is 142 Å². The van der Waals surface area contributed by atoms with Crippen LogP contribution in [0.15, 0.2) is 36.5 Å². The van der Waals surface area contributed by atoms with Gasteiger partial charge in [0, 0.05) is 23.9 Å². The first-order valence-corrected chi connectivity index (χ1v) is 14.5. The van der Waals surface area contributed by atoms with Gasteiger partial charge in [0.05, 0.1) is 47.8 Å². The fourth-order valence-electron chi connectivity index (χ4n) is 4.97. The number of hydrogen-bond donors (Lipinski definition) is 3. The quantitative estimate of drug-likeness (QED) is 0.415. The van der Waals surface area contributed by atoms with E-state index in [-0.39, 0.29) is 17.3 Å². The number of aromatic nitrogens is 4. The van der Waals surface area contributed by atoms with E-state index >= 15 is 0 Å². The van der Waals surface area contributed by atoms with Gasteiger partial charge in [-0.3, -0.25) is 5.10 Å². The lowest BCUT2D eigenvalue weighted by molar-refractivity contribution is 0.0985. The summed E-state index contributed by atoms with van der Waals surface area (Å²) in [7, 11) is -3.31. The highest BCUT2D eigenvalue weighted by atomic mass is 32.2. The Morgan fingerprint density at radius 2 is 1.92 bits per heavy atom. The SMILES string of the molecule is Cc1[nH]ncc1NC(=O)Nc1ccc(-c2nc(N3CCOC[C@@H]3C)cc(C3(S(=O)(=O)C4CC4)CC3)n2)cc1. The molecule has 1 aromatic carbocycles. The molecule has 3 fully saturated rings. The average molecular weight is 538 g/mol. The zero-order chi connectivity index (χ0) is 26.5. The summed E-state index contributed by atoms with van der Waals surface area (Å²) in [5, 5.41) is 12.0. The van der Waals surface area contributed by atoms with E-state index in [9.17, 15) is 13.2 Å². The van der Waals surface area contributed by atoms with Crippen molar-refractivity contribution in [1.82, 2.24) is 20.2 Å². The molecule has 6 rings (SSSR count). The summed E-state index contributed by atoms with van der Waals surface area (Å²) in [6.45, 7) is 5.74. The lowest BCUT2D eigenvalue weighted by atomic mass is 10.1. The van der Waals surface area contributed by atoms with Gasteiger partial charge < -0.3 is 20.3 Å². The van der Waals surface area contributed by atoms with Gasteiger partial charge >= 0.3 is 6.03 Å². The van der Waals surface area contributed by atoms with Crippen molar-refractivity contribution in [2.45, 2.75) is 55.6 Å². The maximum Gasteiger partial charge on any atom is 0.323 e. The number of urea groups is 1. The van der Waals surface area contributed by atoms with Crippen molar-refractivity contribution in [3.8, 4) is 11.4 Å². The van der Waals surface area contributed by atoms with Gasteiger partial charge in [-0.25, -0.2) is 23.2 Å². The number of hydrogen-bond acceptors (Lipinski definition) is 8. The van der Waals surface area contributed by atoms with Gasteiger partial charge in [-0.15, -0.1) is 0 Å². The third-order valence-electron chi connectivity index (χ3n) is 7.53. The predicted octanol–water partition coefficient (Wildman–Crippen LogP) is 3.61. The molecule has 0 unspecified atom stereocenters. The van der Waals surface area contributed by atoms with Gasteiger partial charge in [0.1, 0.15) is 10.6 Å². The van der Waals surface area contributed by atoms with Crippen LogP contribution in [0, 0.1) is 6.92 Å². The Labute approximate surface area is 221 Å². The van der Waals surface area contributed by atoms with E-state index in [1.54, 1.807) is 18.3 Å². The molecule has 3 aromatic rings. The monoisotopic (exact) mass is 537 g/mol. The molecule has 12 heteroatoms. The molecule has 2 aliphatic carbocycles. The van der Waals surface area contributed by atoms with E-state index in [4.69, 9.17) is 14.7 Å². The van der Waals surface area contributed by atoms with E-state index in [0.717, 1.165) is 29.9 Å². The molecule has 3 N–H and O–H groups in total. The van der Waals surface area contributed by atoms with Gasteiger partial charge in [-0.1, -0.05) is 0 Å². The highest BCUT2D eigenvalue weighted by Gasteiger charge is 2.61. The van der Waals surface area contributed by atoms with Gasteiger partial charge in [-0.2, -0.15) is 5.10 Å². The summed E-state index contributed by atoms with van der Waals surface area (Å²) in [5.41, 5.74) is 3.28. The molecule has 2 aromatic heterocycles. The second kappa shape index (κ2) is 9.35. The van der Waals surface area contributed by atoms with Gasteiger partial charge in [0.25, 0.3) is 0 Å². The van der Waals surface area contributed by atoms with Crippen LogP contribution in [0.5, 0.6) is 0 Å². The molecule has 1 atom stereocenters. The number of anilines is 3. The Kier molecular flexibility index (Phi) is 6.10. The molecule has 38 heavy (non-hydrogen) atoms. The maximum atomic E-state index is 13.4. The van der Waals surface area contributed by atoms with Crippen LogP contribution in [0.1, 0.15) is 44.0 Å². The second-order valence-corrected chi connectivity index (χ2v) is 12.9. The van der Waals surface area contributed by atoms with Gasteiger partial charge in [-0.05, 0) is 63.8 Å². The molecule has 0 spiro atoms. The number of aryl methyl sites for hydroxylation is 1. The molecule has 200 valence electrons. The third kappa shape index (κ3) is 4.51. The first-order chi connectivity index (χ1) is 18.3. The normalized spacial score (nSPS) is 20.7. The van der Waals surface area contributed by atoms with Crippen LogP contribution in [0.3, 0.4) is 0 Å². The third-order valence-corrected chi connectivity index (χ3v) is 10.6. The summed E-state index contributed by atoms with van der Waals surface area (Å²) in [6.07, 6.45) is 4.20. The fraction of sp³-hybridized carbons (Fsp3) is 0.462. The zero-order valence-corrected chi connectivity index (χ0v) is 22.2.